The van der Waals surface area contributed by atoms with Crippen LogP contribution in [0.1, 0.15) is 24.1 Å². The van der Waals surface area contributed by atoms with Crippen molar-refractivity contribution < 1.29 is 23.0 Å². The quantitative estimate of drug-likeness (QED) is 0.871. The molecule has 1 N–H and O–H groups in total. The highest BCUT2D eigenvalue weighted by Gasteiger charge is 2.16. The maximum absolute atomic E-state index is 13.5. The van der Waals surface area contributed by atoms with E-state index in [2.05, 4.69) is 5.32 Å². The highest BCUT2D eigenvalue weighted by Crippen LogP contribution is 2.34. The van der Waals surface area contributed by atoms with Gasteiger partial charge in [0, 0.05) is 11.6 Å². The van der Waals surface area contributed by atoms with Crippen LogP contribution in [0, 0.1) is 11.6 Å². The molecule has 0 radical (unpaired) electrons. The maximum Gasteiger partial charge on any atom is 0.244 e. The Morgan fingerprint density at radius 2 is 1.96 bits per heavy atom. The zero-order chi connectivity index (χ0) is 17.1. The van der Waals surface area contributed by atoms with E-state index in [0.29, 0.717) is 11.5 Å². The number of nitrogens with one attached hydrogen (secondary N) is 1. The van der Waals surface area contributed by atoms with E-state index in [1.165, 1.54) is 12.2 Å². The highest BCUT2D eigenvalue weighted by atomic mass is 19.1. The highest BCUT2D eigenvalue weighted by molar-refractivity contribution is 5.92. The first kappa shape index (κ1) is 16.0. The van der Waals surface area contributed by atoms with E-state index < -0.39 is 17.5 Å². The van der Waals surface area contributed by atoms with Crippen LogP contribution in [0.4, 0.5) is 8.78 Å². The standard InChI is InChI=1S/C18H15F2NO3/c1-11(12-2-6-16-17(9-12)24-10-23-16)21-18(22)7-3-13-8-14(19)4-5-15(13)20/h2-9,11H,10H2,1H3,(H,21,22)/b7-3+. The summed E-state index contributed by atoms with van der Waals surface area (Å²) in [5.41, 5.74) is 0.860. The van der Waals surface area contributed by atoms with Gasteiger partial charge in [-0.05, 0) is 48.9 Å². The van der Waals surface area contributed by atoms with Gasteiger partial charge in [-0.25, -0.2) is 8.78 Å². The molecule has 6 heteroatoms. The molecule has 3 rings (SSSR count). The molecular formula is C18H15F2NO3. The molecule has 2 aromatic carbocycles. The number of amides is 1. The predicted octanol–water partition coefficient (Wildman–Crippen LogP) is 3.58. The number of fused-ring (bicyclic) bond motifs is 1. The van der Waals surface area contributed by atoms with Crippen LogP contribution in [-0.2, 0) is 4.79 Å². The second-order valence-corrected chi connectivity index (χ2v) is 5.34. The molecule has 24 heavy (non-hydrogen) atoms. The van der Waals surface area contributed by atoms with Gasteiger partial charge in [0.25, 0.3) is 0 Å². The molecule has 0 bridgehead atoms. The molecule has 2 aromatic rings. The van der Waals surface area contributed by atoms with Crippen molar-refractivity contribution in [1.29, 1.82) is 0 Å². The minimum Gasteiger partial charge on any atom is -0.454 e. The SMILES string of the molecule is CC(NC(=O)/C=C/c1cc(F)ccc1F)c1ccc2c(c1)OCO2. The first-order valence-corrected chi connectivity index (χ1v) is 7.36. The van der Waals surface area contributed by atoms with Crippen molar-refractivity contribution in [2.45, 2.75) is 13.0 Å². The second-order valence-electron chi connectivity index (χ2n) is 5.34. The van der Waals surface area contributed by atoms with Gasteiger partial charge in [0.2, 0.25) is 12.7 Å². The van der Waals surface area contributed by atoms with E-state index in [0.717, 1.165) is 23.8 Å². The van der Waals surface area contributed by atoms with E-state index >= 15 is 0 Å². The molecule has 0 spiro atoms. The van der Waals surface area contributed by atoms with Gasteiger partial charge >= 0.3 is 0 Å². The molecule has 124 valence electrons. The number of benzene rings is 2. The third kappa shape index (κ3) is 3.53. The molecule has 1 unspecified atom stereocenters. The smallest absolute Gasteiger partial charge is 0.244 e. The summed E-state index contributed by atoms with van der Waals surface area (Å²) in [6.45, 7) is 1.99. The largest absolute Gasteiger partial charge is 0.454 e. The summed E-state index contributed by atoms with van der Waals surface area (Å²) in [6, 6.07) is 8.18. The molecule has 4 nitrogen and oxygen atoms in total. The summed E-state index contributed by atoms with van der Waals surface area (Å²) in [5.74, 6) is -0.275. The molecule has 0 fully saturated rings. The zero-order valence-electron chi connectivity index (χ0n) is 12.9. The first-order chi connectivity index (χ1) is 11.5. The molecule has 0 saturated heterocycles. The van der Waals surface area contributed by atoms with Crippen molar-refractivity contribution in [1.82, 2.24) is 5.32 Å². The number of ether oxygens (including phenoxy) is 2. The topological polar surface area (TPSA) is 47.6 Å². The van der Waals surface area contributed by atoms with Crippen molar-refractivity contribution in [3.8, 4) is 11.5 Å². The first-order valence-electron chi connectivity index (χ1n) is 7.36. The van der Waals surface area contributed by atoms with Crippen LogP contribution in [-0.4, -0.2) is 12.7 Å². The number of carbonyl (C=O) groups excluding carboxylic acids is 1. The Hall–Kier alpha value is -2.89. The maximum atomic E-state index is 13.5. The molecule has 1 amide bonds. The fraction of sp³-hybridized carbons (Fsp3) is 0.167. The lowest BCUT2D eigenvalue weighted by Crippen LogP contribution is -2.24. The fourth-order valence-electron chi connectivity index (χ4n) is 2.34. The normalized spacial score (nSPS) is 14.0. The van der Waals surface area contributed by atoms with Crippen LogP contribution in [0.3, 0.4) is 0 Å². The summed E-state index contributed by atoms with van der Waals surface area (Å²) >= 11 is 0. The molecule has 1 heterocycles. The molecule has 1 atom stereocenters. The van der Waals surface area contributed by atoms with E-state index in [9.17, 15) is 13.6 Å². The lowest BCUT2D eigenvalue weighted by Gasteiger charge is -2.13. The Labute approximate surface area is 137 Å². The molecule has 1 aliphatic rings. The van der Waals surface area contributed by atoms with Crippen molar-refractivity contribution in [3.05, 3.63) is 65.2 Å². The lowest BCUT2D eigenvalue weighted by molar-refractivity contribution is -0.117. The van der Waals surface area contributed by atoms with Gasteiger partial charge in [0.05, 0.1) is 6.04 Å². The number of hydrogen-bond acceptors (Lipinski definition) is 3. The predicted molar refractivity (Wildman–Crippen MR) is 84.5 cm³/mol. The molecule has 0 saturated carbocycles. The monoisotopic (exact) mass is 331 g/mol. The Bertz CT molecular complexity index is 805. The summed E-state index contributed by atoms with van der Waals surface area (Å²) in [6.07, 6.45) is 2.40. The Balaban J connectivity index is 1.66. The van der Waals surface area contributed by atoms with Crippen molar-refractivity contribution in [2.75, 3.05) is 6.79 Å². The van der Waals surface area contributed by atoms with Crippen molar-refractivity contribution >= 4 is 12.0 Å². The van der Waals surface area contributed by atoms with Crippen LogP contribution in [0.25, 0.3) is 6.08 Å². The summed E-state index contributed by atoms with van der Waals surface area (Å²) in [4.78, 5) is 12.0. The number of carbonyl (C=O) groups is 1. The van der Waals surface area contributed by atoms with Crippen LogP contribution in [0.5, 0.6) is 11.5 Å². The van der Waals surface area contributed by atoms with E-state index in [1.807, 2.05) is 13.0 Å². The minimum absolute atomic E-state index is 0.0147. The van der Waals surface area contributed by atoms with E-state index in [4.69, 9.17) is 9.47 Å². The van der Waals surface area contributed by atoms with Gasteiger partial charge in [-0.1, -0.05) is 6.07 Å². The number of rotatable bonds is 4. The van der Waals surface area contributed by atoms with Crippen molar-refractivity contribution in [3.63, 3.8) is 0 Å². The van der Waals surface area contributed by atoms with Gasteiger partial charge in [0.15, 0.2) is 11.5 Å². The summed E-state index contributed by atoms with van der Waals surface area (Å²) in [7, 11) is 0. The Morgan fingerprint density at radius 3 is 2.79 bits per heavy atom. The third-order valence-electron chi connectivity index (χ3n) is 3.63. The van der Waals surface area contributed by atoms with Crippen LogP contribution in [0.15, 0.2) is 42.5 Å². The molecule has 1 aliphatic heterocycles. The number of hydrogen-bond donors (Lipinski definition) is 1. The zero-order valence-corrected chi connectivity index (χ0v) is 12.9. The van der Waals surface area contributed by atoms with Gasteiger partial charge in [-0.15, -0.1) is 0 Å². The summed E-state index contributed by atoms with van der Waals surface area (Å²) in [5, 5.41) is 2.75. The molecule has 0 aromatic heterocycles. The van der Waals surface area contributed by atoms with E-state index in [1.54, 1.807) is 12.1 Å². The van der Waals surface area contributed by atoms with E-state index in [-0.39, 0.29) is 18.4 Å². The van der Waals surface area contributed by atoms with Crippen molar-refractivity contribution in [2.24, 2.45) is 0 Å². The average molecular weight is 331 g/mol. The lowest BCUT2D eigenvalue weighted by atomic mass is 10.1. The fourth-order valence-corrected chi connectivity index (χ4v) is 2.34. The van der Waals surface area contributed by atoms with Gasteiger partial charge in [-0.3, -0.25) is 4.79 Å². The number of halogens is 2. The van der Waals surface area contributed by atoms with Crippen LogP contribution >= 0.6 is 0 Å². The summed E-state index contributed by atoms with van der Waals surface area (Å²) < 4.78 is 37.1. The third-order valence-corrected chi connectivity index (χ3v) is 3.63. The minimum atomic E-state index is -0.593. The molecule has 0 aliphatic carbocycles. The second kappa shape index (κ2) is 6.70. The van der Waals surface area contributed by atoms with Crippen LogP contribution < -0.4 is 14.8 Å². The Kier molecular flexibility index (Phi) is 4.46. The van der Waals surface area contributed by atoms with Gasteiger partial charge < -0.3 is 14.8 Å². The Morgan fingerprint density at radius 1 is 1.17 bits per heavy atom. The molecular weight excluding hydrogens is 316 g/mol. The van der Waals surface area contributed by atoms with Crippen LogP contribution in [0.2, 0.25) is 0 Å². The average Bonchev–Trinajstić information content (AvgIpc) is 3.03. The van der Waals surface area contributed by atoms with Gasteiger partial charge in [-0.2, -0.15) is 0 Å². The van der Waals surface area contributed by atoms with Gasteiger partial charge in [0.1, 0.15) is 11.6 Å².